The number of carbonyl (C=O) groups is 4. The molecule has 0 atom stereocenters. The molecule has 0 aliphatic carbocycles. The van der Waals surface area contributed by atoms with E-state index in [9.17, 15) is 19.2 Å². The molecule has 5 aromatic rings. The topological polar surface area (TPSA) is 158 Å². The number of hydrogen-bond donors (Lipinski definition) is 4. The number of terminal acetylenes is 2. The fraction of sp³-hybridized carbons (Fsp3) is 0. The Hall–Kier alpha value is -7.10. The van der Waals surface area contributed by atoms with Crippen LogP contribution < -0.4 is 4.74 Å². The minimum absolute atomic E-state index is 0.112. The molecule has 0 amide bonds. The van der Waals surface area contributed by atoms with E-state index >= 15 is 0 Å². The van der Waals surface area contributed by atoms with Crippen LogP contribution in [0.15, 0.2) is 109 Å². The molecule has 0 unspecified atom stereocenters. The lowest BCUT2D eigenvalue weighted by Crippen LogP contribution is -2.03. The molecule has 0 fully saturated rings. The molecule has 230 valence electrons. The molecule has 5 rings (SSSR count). The largest absolute Gasteiger partial charge is 0.478 e. The fourth-order valence-electron chi connectivity index (χ4n) is 4.35. The van der Waals surface area contributed by atoms with Gasteiger partial charge < -0.3 is 25.2 Å². The van der Waals surface area contributed by atoms with Crippen molar-refractivity contribution in [2.24, 2.45) is 0 Å². The van der Waals surface area contributed by atoms with Crippen LogP contribution in [0.5, 0.6) is 11.5 Å². The molecule has 0 saturated heterocycles. The first-order valence-electron chi connectivity index (χ1n) is 13.6. The number of carboxylic acids is 4. The number of hydrogen-bond acceptors (Lipinski definition) is 5. The first-order chi connectivity index (χ1) is 22.5. The Labute approximate surface area is 269 Å². The van der Waals surface area contributed by atoms with Crippen molar-refractivity contribution < 1.29 is 44.3 Å². The quantitative estimate of drug-likeness (QED) is 0.130. The monoisotopic (exact) mass is 624 g/mol. The van der Waals surface area contributed by atoms with Gasteiger partial charge in [-0.1, -0.05) is 42.2 Å². The average molecular weight is 625 g/mol. The number of carboxylic acid groups (broad SMARTS) is 4. The number of aromatic carboxylic acids is 4. The molecule has 0 heterocycles. The van der Waals surface area contributed by atoms with Crippen LogP contribution in [0, 0.1) is 24.7 Å². The lowest BCUT2D eigenvalue weighted by atomic mass is 9.95. The third-order valence-electron chi connectivity index (χ3n) is 6.67. The molecule has 9 heteroatoms. The summed E-state index contributed by atoms with van der Waals surface area (Å²) in [6, 6.07) is 28.9. The van der Waals surface area contributed by atoms with Gasteiger partial charge in [-0.2, -0.15) is 0 Å². The summed E-state index contributed by atoms with van der Waals surface area (Å²) >= 11 is 0. The van der Waals surface area contributed by atoms with E-state index in [1.54, 1.807) is 72.8 Å². The maximum Gasteiger partial charge on any atom is 0.335 e. The van der Waals surface area contributed by atoms with Crippen LogP contribution in [0.1, 0.15) is 52.6 Å². The van der Waals surface area contributed by atoms with Gasteiger partial charge in [0.1, 0.15) is 11.5 Å². The van der Waals surface area contributed by atoms with Crippen molar-refractivity contribution in [3.63, 3.8) is 0 Å². The maximum absolute atomic E-state index is 11.0. The second-order valence-electron chi connectivity index (χ2n) is 9.84. The Kier molecular flexibility index (Phi) is 10.2. The smallest absolute Gasteiger partial charge is 0.335 e. The van der Waals surface area contributed by atoms with E-state index in [0.717, 1.165) is 28.3 Å². The highest BCUT2D eigenvalue weighted by atomic mass is 16.5. The van der Waals surface area contributed by atoms with E-state index in [1.165, 1.54) is 12.1 Å². The number of benzene rings is 5. The van der Waals surface area contributed by atoms with Crippen molar-refractivity contribution in [2.45, 2.75) is 0 Å². The second-order valence-corrected chi connectivity index (χ2v) is 9.84. The summed E-state index contributed by atoms with van der Waals surface area (Å²) in [6.07, 6.45) is 10.8. The first kappa shape index (κ1) is 32.8. The lowest BCUT2D eigenvalue weighted by Gasteiger charge is -2.09. The Balaban J connectivity index is 0.000000218. The standard InChI is InChI=1S/C22H14O4.C16H10O5/c1-2-14-11-19(15-3-7-17(8-4-15)21(23)24)13-20(12-14)16-5-9-18(10-6-16)22(25)26;1-2-10-4-3-5-13(6-10)21-14-8-11(15(17)18)7-12(9-14)16(19)20/h1,3-13H,(H,23,24)(H,25,26);1,3-9H,(H,17,18)(H,19,20). The van der Waals surface area contributed by atoms with Crippen LogP contribution in [0.3, 0.4) is 0 Å². The maximum atomic E-state index is 11.0. The molecule has 0 radical (unpaired) electrons. The minimum atomic E-state index is -1.24. The summed E-state index contributed by atoms with van der Waals surface area (Å²) < 4.78 is 5.48. The van der Waals surface area contributed by atoms with Gasteiger partial charge in [0.05, 0.1) is 22.3 Å². The van der Waals surface area contributed by atoms with Crippen LogP contribution in [0.4, 0.5) is 0 Å². The Morgan fingerprint density at radius 3 is 1.30 bits per heavy atom. The van der Waals surface area contributed by atoms with Crippen molar-refractivity contribution in [1.29, 1.82) is 0 Å². The molecule has 5 aromatic carbocycles. The summed E-state index contributed by atoms with van der Waals surface area (Å²) in [5.41, 5.74) is 4.77. The average Bonchev–Trinajstić information content (AvgIpc) is 3.08. The van der Waals surface area contributed by atoms with E-state index in [2.05, 4.69) is 11.8 Å². The summed E-state index contributed by atoms with van der Waals surface area (Å²) in [5.74, 6) is 1.14. The second kappa shape index (κ2) is 14.6. The molecule has 0 aromatic heterocycles. The van der Waals surface area contributed by atoms with E-state index in [4.69, 9.17) is 38.0 Å². The number of ether oxygens (including phenoxy) is 1. The molecule has 47 heavy (non-hydrogen) atoms. The molecular formula is C38H24O9. The minimum Gasteiger partial charge on any atom is -0.478 e. The van der Waals surface area contributed by atoms with Gasteiger partial charge in [-0.05, 0) is 101 Å². The van der Waals surface area contributed by atoms with E-state index < -0.39 is 23.9 Å². The summed E-state index contributed by atoms with van der Waals surface area (Å²) in [5, 5.41) is 36.0. The predicted molar refractivity (Wildman–Crippen MR) is 174 cm³/mol. The molecule has 9 nitrogen and oxygen atoms in total. The Bertz CT molecular complexity index is 1970. The predicted octanol–water partition coefficient (Wildman–Crippen LogP) is 7.25. The van der Waals surface area contributed by atoms with E-state index in [0.29, 0.717) is 16.9 Å². The zero-order valence-corrected chi connectivity index (χ0v) is 24.4. The number of rotatable bonds is 8. The Morgan fingerprint density at radius 1 is 0.447 bits per heavy atom. The normalized spacial score (nSPS) is 9.91. The SMILES string of the molecule is C#Cc1cc(-c2ccc(C(=O)O)cc2)cc(-c2ccc(C(=O)O)cc2)c1.C#Cc1cccc(Oc2cc(C(=O)O)cc(C(=O)O)c2)c1. The van der Waals surface area contributed by atoms with Gasteiger partial charge in [-0.25, -0.2) is 19.2 Å². The van der Waals surface area contributed by atoms with Gasteiger partial charge in [0.25, 0.3) is 0 Å². The van der Waals surface area contributed by atoms with Gasteiger partial charge in [-0.15, -0.1) is 12.8 Å². The van der Waals surface area contributed by atoms with Crippen LogP contribution in [-0.2, 0) is 0 Å². The highest BCUT2D eigenvalue weighted by Crippen LogP contribution is 2.29. The van der Waals surface area contributed by atoms with Gasteiger partial charge in [0.2, 0.25) is 0 Å². The molecular weight excluding hydrogens is 600 g/mol. The van der Waals surface area contributed by atoms with Crippen molar-refractivity contribution in [1.82, 2.24) is 0 Å². The van der Waals surface area contributed by atoms with Crippen molar-refractivity contribution in [3.05, 3.63) is 143 Å². The first-order valence-corrected chi connectivity index (χ1v) is 13.6. The summed E-state index contributed by atoms with van der Waals surface area (Å²) in [4.78, 5) is 44.0. The summed E-state index contributed by atoms with van der Waals surface area (Å²) in [7, 11) is 0. The highest BCUT2D eigenvalue weighted by Gasteiger charge is 2.13. The zero-order valence-electron chi connectivity index (χ0n) is 24.4. The van der Waals surface area contributed by atoms with Gasteiger partial charge in [0, 0.05) is 11.1 Å². The molecule has 0 aliphatic heterocycles. The van der Waals surface area contributed by atoms with Gasteiger partial charge in [0.15, 0.2) is 0 Å². The molecule has 4 N–H and O–H groups in total. The summed E-state index contributed by atoms with van der Waals surface area (Å²) in [6.45, 7) is 0. The van der Waals surface area contributed by atoms with Gasteiger partial charge >= 0.3 is 23.9 Å². The molecule has 0 spiro atoms. The Morgan fingerprint density at radius 2 is 0.894 bits per heavy atom. The van der Waals surface area contributed by atoms with Crippen molar-refractivity contribution >= 4 is 23.9 Å². The van der Waals surface area contributed by atoms with Crippen LogP contribution in [-0.4, -0.2) is 44.3 Å². The fourth-order valence-corrected chi connectivity index (χ4v) is 4.35. The van der Waals surface area contributed by atoms with Crippen LogP contribution in [0.2, 0.25) is 0 Å². The highest BCUT2D eigenvalue weighted by molar-refractivity contribution is 5.94. The van der Waals surface area contributed by atoms with Gasteiger partial charge in [-0.3, -0.25) is 0 Å². The lowest BCUT2D eigenvalue weighted by molar-refractivity contribution is 0.0680. The van der Waals surface area contributed by atoms with E-state index in [-0.39, 0.29) is 28.0 Å². The zero-order chi connectivity index (χ0) is 34.1. The van der Waals surface area contributed by atoms with E-state index in [1.807, 2.05) is 18.2 Å². The molecule has 0 saturated carbocycles. The van der Waals surface area contributed by atoms with Crippen molar-refractivity contribution in [2.75, 3.05) is 0 Å². The third kappa shape index (κ3) is 8.51. The van der Waals surface area contributed by atoms with Crippen LogP contribution >= 0.6 is 0 Å². The van der Waals surface area contributed by atoms with Crippen LogP contribution in [0.25, 0.3) is 22.3 Å². The third-order valence-corrected chi connectivity index (χ3v) is 6.67. The molecule has 0 aliphatic rings. The molecule has 0 bridgehead atoms. The van der Waals surface area contributed by atoms with Crippen molar-refractivity contribution in [3.8, 4) is 58.4 Å².